The Bertz CT molecular complexity index is 623. The number of nitrogens with zero attached hydrogens (tertiary/aromatic N) is 2. The molecule has 4 nitrogen and oxygen atoms in total. The summed E-state index contributed by atoms with van der Waals surface area (Å²) >= 11 is 3.04. The molecule has 20 heavy (non-hydrogen) atoms. The molecule has 0 saturated carbocycles. The number of rotatable bonds is 4. The summed E-state index contributed by atoms with van der Waals surface area (Å²) in [4.78, 5) is 12.1. The van der Waals surface area contributed by atoms with Crippen molar-refractivity contribution >= 4 is 34.1 Å². The van der Waals surface area contributed by atoms with Gasteiger partial charge in [-0.1, -0.05) is 43.0 Å². The Kier molecular flexibility index (Phi) is 4.77. The third-order valence-corrected chi connectivity index (χ3v) is 4.66. The van der Waals surface area contributed by atoms with Crippen LogP contribution in [0.25, 0.3) is 0 Å². The third kappa shape index (κ3) is 3.80. The van der Waals surface area contributed by atoms with Crippen LogP contribution < -0.4 is 5.32 Å². The van der Waals surface area contributed by atoms with Gasteiger partial charge in [0.1, 0.15) is 0 Å². The Morgan fingerprint density at radius 3 is 2.65 bits per heavy atom. The summed E-state index contributed by atoms with van der Waals surface area (Å²) in [5.74, 6) is -0.148. The maximum atomic E-state index is 12.1. The number of thioether (sulfide) groups is 1. The van der Waals surface area contributed by atoms with Crippen LogP contribution in [-0.4, -0.2) is 21.4 Å². The Morgan fingerprint density at radius 2 is 2.00 bits per heavy atom. The molecule has 1 aromatic carbocycles. The first kappa shape index (κ1) is 15.0. The summed E-state index contributed by atoms with van der Waals surface area (Å²) in [6.07, 6.45) is 0. The molecular weight excluding hydrogens is 290 g/mol. The zero-order valence-electron chi connectivity index (χ0n) is 11.9. The fraction of sp³-hybridized carbons (Fsp3) is 0.357. The Hall–Kier alpha value is -1.40. The van der Waals surface area contributed by atoms with Crippen molar-refractivity contribution in [2.75, 3.05) is 5.32 Å². The second-order valence-corrected chi connectivity index (χ2v) is 7.59. The molecule has 2 aromatic rings. The Labute approximate surface area is 127 Å². The summed E-state index contributed by atoms with van der Waals surface area (Å²) in [5.41, 5.74) is 2.92. The number of amides is 1. The van der Waals surface area contributed by atoms with Crippen LogP contribution in [0.5, 0.6) is 0 Å². The Morgan fingerprint density at radius 1 is 1.25 bits per heavy atom. The standard InChI is InChI=1S/C14H17N3OS2/c1-8(2)19-14-17-16-13(20-14)15-12(18)11-6-5-9(3)10(4)7-11/h5-8H,1-4H3,(H,15,16,18). The number of nitrogens with one attached hydrogen (secondary N) is 1. The first-order chi connectivity index (χ1) is 9.45. The van der Waals surface area contributed by atoms with Gasteiger partial charge in [0.15, 0.2) is 4.34 Å². The predicted molar refractivity (Wildman–Crippen MR) is 84.8 cm³/mol. The van der Waals surface area contributed by atoms with Crippen molar-refractivity contribution in [2.45, 2.75) is 37.3 Å². The van der Waals surface area contributed by atoms with Crippen molar-refractivity contribution in [3.05, 3.63) is 34.9 Å². The molecule has 1 N–H and O–H groups in total. The molecule has 1 heterocycles. The van der Waals surface area contributed by atoms with E-state index < -0.39 is 0 Å². The minimum atomic E-state index is -0.148. The molecule has 0 bridgehead atoms. The molecule has 0 fully saturated rings. The van der Waals surface area contributed by atoms with E-state index in [1.54, 1.807) is 11.8 Å². The van der Waals surface area contributed by atoms with Crippen LogP contribution in [0.4, 0.5) is 5.13 Å². The summed E-state index contributed by atoms with van der Waals surface area (Å²) in [6.45, 7) is 8.21. The van der Waals surface area contributed by atoms with Gasteiger partial charge in [0.05, 0.1) is 0 Å². The summed E-state index contributed by atoms with van der Waals surface area (Å²) < 4.78 is 0.871. The molecule has 106 valence electrons. The highest BCUT2D eigenvalue weighted by Crippen LogP contribution is 2.28. The molecular formula is C14H17N3OS2. The Balaban J connectivity index is 2.07. The van der Waals surface area contributed by atoms with Gasteiger partial charge >= 0.3 is 0 Å². The molecule has 0 atom stereocenters. The smallest absolute Gasteiger partial charge is 0.257 e. The molecule has 0 aliphatic carbocycles. The highest BCUT2D eigenvalue weighted by Gasteiger charge is 2.11. The average Bonchev–Trinajstić information content (AvgIpc) is 2.79. The molecule has 0 aliphatic heterocycles. The minimum absolute atomic E-state index is 0.148. The number of aryl methyl sites for hydroxylation is 2. The zero-order valence-corrected chi connectivity index (χ0v) is 13.6. The first-order valence-electron chi connectivity index (χ1n) is 6.34. The normalized spacial score (nSPS) is 10.8. The van der Waals surface area contributed by atoms with Crippen LogP contribution in [0.3, 0.4) is 0 Å². The topological polar surface area (TPSA) is 54.9 Å². The lowest BCUT2D eigenvalue weighted by Gasteiger charge is -2.04. The number of carbonyl (C=O) groups is 1. The van der Waals surface area contributed by atoms with Crippen molar-refractivity contribution in [3.63, 3.8) is 0 Å². The number of hydrogen-bond donors (Lipinski definition) is 1. The minimum Gasteiger partial charge on any atom is -0.296 e. The van der Waals surface area contributed by atoms with Crippen molar-refractivity contribution in [2.24, 2.45) is 0 Å². The number of carbonyl (C=O) groups excluding carboxylic acids is 1. The van der Waals surface area contributed by atoms with Gasteiger partial charge in [0.25, 0.3) is 5.91 Å². The van der Waals surface area contributed by atoms with E-state index in [0.29, 0.717) is 15.9 Å². The van der Waals surface area contributed by atoms with E-state index in [1.165, 1.54) is 16.9 Å². The molecule has 1 amide bonds. The van der Waals surface area contributed by atoms with Crippen molar-refractivity contribution in [1.29, 1.82) is 0 Å². The van der Waals surface area contributed by atoms with Crippen LogP contribution in [0.1, 0.15) is 35.3 Å². The molecule has 2 rings (SSSR count). The van der Waals surface area contributed by atoms with E-state index in [0.717, 1.165) is 9.90 Å². The van der Waals surface area contributed by atoms with Crippen molar-refractivity contribution in [1.82, 2.24) is 10.2 Å². The maximum Gasteiger partial charge on any atom is 0.257 e. The van der Waals surface area contributed by atoms with Crippen LogP contribution in [0.2, 0.25) is 0 Å². The van der Waals surface area contributed by atoms with E-state index in [4.69, 9.17) is 0 Å². The van der Waals surface area contributed by atoms with Crippen molar-refractivity contribution in [3.8, 4) is 0 Å². The van der Waals surface area contributed by atoms with Gasteiger partial charge in [-0.25, -0.2) is 0 Å². The third-order valence-electron chi connectivity index (χ3n) is 2.73. The van der Waals surface area contributed by atoms with Gasteiger partial charge in [-0.2, -0.15) is 0 Å². The summed E-state index contributed by atoms with van der Waals surface area (Å²) in [6, 6.07) is 5.66. The quantitative estimate of drug-likeness (QED) is 0.687. The van der Waals surface area contributed by atoms with Crippen molar-refractivity contribution < 1.29 is 4.79 Å². The largest absolute Gasteiger partial charge is 0.296 e. The number of benzene rings is 1. The second kappa shape index (κ2) is 6.37. The van der Waals surface area contributed by atoms with Crippen LogP contribution in [0, 0.1) is 13.8 Å². The van der Waals surface area contributed by atoms with Crippen LogP contribution in [0.15, 0.2) is 22.5 Å². The van der Waals surface area contributed by atoms with Gasteiger partial charge in [0, 0.05) is 10.8 Å². The lowest BCUT2D eigenvalue weighted by atomic mass is 10.1. The molecule has 0 saturated heterocycles. The number of hydrogen-bond acceptors (Lipinski definition) is 5. The number of anilines is 1. The molecule has 1 aromatic heterocycles. The molecule has 6 heteroatoms. The van der Waals surface area contributed by atoms with E-state index in [1.807, 2.05) is 32.0 Å². The zero-order chi connectivity index (χ0) is 14.7. The summed E-state index contributed by atoms with van der Waals surface area (Å²) in [5, 5.41) is 11.8. The molecule has 0 radical (unpaired) electrons. The highest BCUT2D eigenvalue weighted by atomic mass is 32.2. The summed E-state index contributed by atoms with van der Waals surface area (Å²) in [7, 11) is 0. The van der Waals surface area contributed by atoms with E-state index >= 15 is 0 Å². The van der Waals surface area contributed by atoms with E-state index in [-0.39, 0.29) is 5.91 Å². The monoisotopic (exact) mass is 307 g/mol. The average molecular weight is 307 g/mol. The van der Waals surface area contributed by atoms with Gasteiger partial charge in [-0.05, 0) is 37.1 Å². The molecule has 0 spiro atoms. The fourth-order valence-corrected chi connectivity index (χ4v) is 3.53. The van der Waals surface area contributed by atoms with Gasteiger partial charge < -0.3 is 0 Å². The predicted octanol–water partition coefficient (Wildman–Crippen LogP) is 3.91. The SMILES string of the molecule is Cc1ccc(C(=O)Nc2nnc(SC(C)C)s2)cc1C. The lowest BCUT2D eigenvalue weighted by molar-refractivity contribution is 0.102. The van der Waals surface area contributed by atoms with E-state index in [2.05, 4.69) is 29.4 Å². The second-order valence-electron chi connectivity index (χ2n) is 4.79. The van der Waals surface area contributed by atoms with Gasteiger partial charge in [-0.15, -0.1) is 10.2 Å². The maximum absolute atomic E-state index is 12.1. The molecule has 0 unspecified atom stereocenters. The van der Waals surface area contributed by atoms with Gasteiger partial charge in [0.2, 0.25) is 5.13 Å². The fourth-order valence-electron chi connectivity index (χ4n) is 1.56. The van der Waals surface area contributed by atoms with Crippen LogP contribution in [-0.2, 0) is 0 Å². The van der Waals surface area contributed by atoms with E-state index in [9.17, 15) is 4.79 Å². The lowest BCUT2D eigenvalue weighted by Crippen LogP contribution is -2.12. The van der Waals surface area contributed by atoms with Crippen LogP contribution >= 0.6 is 23.1 Å². The molecule has 0 aliphatic rings. The highest BCUT2D eigenvalue weighted by molar-refractivity contribution is 8.01. The number of aromatic nitrogens is 2. The first-order valence-corrected chi connectivity index (χ1v) is 8.04. The van der Waals surface area contributed by atoms with Gasteiger partial charge in [-0.3, -0.25) is 10.1 Å².